The lowest BCUT2D eigenvalue weighted by Gasteiger charge is -1.96. The van der Waals surface area contributed by atoms with E-state index >= 15 is 0 Å². The molecule has 1 heterocycles. The Balaban J connectivity index is 2.59. The van der Waals surface area contributed by atoms with E-state index in [1.807, 2.05) is 6.07 Å². The maximum absolute atomic E-state index is 10.7. The fourth-order valence-electron chi connectivity index (χ4n) is 1.09. The minimum atomic E-state index is -0.568. The first-order valence-electron chi connectivity index (χ1n) is 3.71. The molecule has 13 heavy (non-hydrogen) atoms. The average molecular weight is 177 g/mol. The van der Waals surface area contributed by atoms with E-state index < -0.39 is 5.69 Å². The lowest BCUT2D eigenvalue weighted by atomic mass is 10.2. The smallest absolute Gasteiger partial charge is 0.364 e. The third-order valence-corrected chi connectivity index (χ3v) is 1.64. The molecule has 0 aliphatic rings. The second-order valence-electron chi connectivity index (χ2n) is 2.53. The fourth-order valence-corrected chi connectivity index (χ4v) is 1.09. The average Bonchev–Trinajstić information content (AvgIpc) is 2.47. The monoisotopic (exact) mass is 177 g/mol. The number of aromatic amines is 1. The molecule has 0 aliphatic heterocycles. The van der Waals surface area contributed by atoms with Gasteiger partial charge in [0.05, 0.1) is 0 Å². The Morgan fingerprint density at radius 2 is 2.00 bits per heavy atom. The van der Waals surface area contributed by atoms with E-state index in [4.69, 9.17) is 0 Å². The molecule has 1 aromatic heterocycles. The summed E-state index contributed by atoms with van der Waals surface area (Å²) >= 11 is 0. The first-order chi connectivity index (χ1) is 6.27. The molecular formula is C8H7N3O2. The largest absolute Gasteiger partial charge is 0.411 e. The Morgan fingerprint density at radius 1 is 1.31 bits per heavy atom. The number of aromatic nitrogens is 3. The molecule has 5 heteroatoms. The second kappa shape index (κ2) is 2.78. The Hall–Kier alpha value is -2.04. The zero-order valence-electron chi connectivity index (χ0n) is 6.64. The van der Waals surface area contributed by atoms with E-state index in [1.165, 1.54) is 0 Å². The molecule has 0 spiro atoms. The minimum absolute atomic E-state index is 0.214. The third-order valence-electron chi connectivity index (χ3n) is 1.64. The predicted molar refractivity (Wildman–Crippen MR) is 45.5 cm³/mol. The molecule has 5 nitrogen and oxygen atoms in total. The van der Waals surface area contributed by atoms with E-state index in [2.05, 4.69) is 10.1 Å². The van der Waals surface area contributed by atoms with Crippen LogP contribution in [0.3, 0.4) is 0 Å². The van der Waals surface area contributed by atoms with Crippen molar-refractivity contribution in [3.8, 4) is 11.4 Å². The van der Waals surface area contributed by atoms with Crippen LogP contribution < -0.4 is 5.69 Å². The van der Waals surface area contributed by atoms with Crippen molar-refractivity contribution in [2.75, 3.05) is 0 Å². The van der Waals surface area contributed by atoms with Gasteiger partial charge in [-0.1, -0.05) is 30.3 Å². The minimum Gasteiger partial charge on any atom is -0.411 e. The van der Waals surface area contributed by atoms with Crippen molar-refractivity contribution in [3.63, 3.8) is 0 Å². The van der Waals surface area contributed by atoms with Crippen molar-refractivity contribution in [2.24, 2.45) is 0 Å². The molecule has 0 amide bonds. The highest BCUT2D eigenvalue weighted by Crippen LogP contribution is 2.12. The predicted octanol–water partition coefficient (Wildman–Crippen LogP) is 0.476. The number of hydrogen-bond donors (Lipinski definition) is 2. The van der Waals surface area contributed by atoms with Crippen LogP contribution in [0, 0.1) is 0 Å². The van der Waals surface area contributed by atoms with Crippen molar-refractivity contribution in [3.05, 3.63) is 40.8 Å². The molecule has 0 saturated heterocycles. The van der Waals surface area contributed by atoms with E-state index in [0.29, 0.717) is 10.4 Å². The molecule has 2 N–H and O–H groups in total. The molecular weight excluding hydrogens is 170 g/mol. The van der Waals surface area contributed by atoms with Gasteiger partial charge in [-0.25, -0.2) is 9.89 Å². The summed E-state index contributed by atoms with van der Waals surface area (Å²) in [6.07, 6.45) is 0. The van der Waals surface area contributed by atoms with Crippen LogP contribution in [0.25, 0.3) is 11.4 Å². The van der Waals surface area contributed by atoms with Crippen LogP contribution in [-0.4, -0.2) is 20.1 Å². The second-order valence-corrected chi connectivity index (χ2v) is 2.53. The highest BCUT2D eigenvalue weighted by Gasteiger charge is 2.06. The van der Waals surface area contributed by atoms with Crippen LogP contribution >= 0.6 is 0 Å². The standard InChI is InChI=1S/C8H7N3O2/c12-8-9-7(11(13)10-8)6-4-2-1-3-5-6/h1-5,13H,(H,10,12). The van der Waals surface area contributed by atoms with Crippen molar-refractivity contribution in [1.29, 1.82) is 0 Å². The number of benzene rings is 1. The molecule has 0 atom stereocenters. The molecule has 2 rings (SSSR count). The third kappa shape index (κ3) is 1.31. The van der Waals surface area contributed by atoms with Gasteiger partial charge in [-0.3, -0.25) is 0 Å². The number of H-pyrrole nitrogens is 1. The van der Waals surface area contributed by atoms with Gasteiger partial charge in [-0.05, 0) is 0 Å². The van der Waals surface area contributed by atoms with E-state index in [9.17, 15) is 10.0 Å². The molecule has 0 aliphatic carbocycles. The lowest BCUT2D eigenvalue weighted by molar-refractivity contribution is 0.151. The van der Waals surface area contributed by atoms with Gasteiger partial charge in [0.1, 0.15) is 0 Å². The quantitative estimate of drug-likeness (QED) is 0.622. The maximum Gasteiger partial charge on any atom is 0.364 e. The van der Waals surface area contributed by atoms with Crippen molar-refractivity contribution >= 4 is 0 Å². The van der Waals surface area contributed by atoms with Gasteiger partial charge in [0.25, 0.3) is 0 Å². The van der Waals surface area contributed by atoms with Gasteiger partial charge in [0.15, 0.2) is 5.82 Å². The number of hydrogen-bond acceptors (Lipinski definition) is 3. The summed E-state index contributed by atoms with van der Waals surface area (Å²) in [5, 5.41) is 11.3. The first-order valence-corrected chi connectivity index (χ1v) is 3.71. The normalized spacial score (nSPS) is 10.2. The summed E-state index contributed by atoms with van der Waals surface area (Å²) in [6, 6.07) is 8.95. The lowest BCUT2D eigenvalue weighted by Crippen LogP contribution is -2.03. The van der Waals surface area contributed by atoms with Crippen molar-refractivity contribution in [2.45, 2.75) is 0 Å². The molecule has 0 saturated carbocycles. The molecule has 1 aromatic carbocycles. The van der Waals surface area contributed by atoms with E-state index in [1.54, 1.807) is 24.3 Å². The molecule has 66 valence electrons. The SMILES string of the molecule is O=c1nc(-c2ccccc2)n(O)[nH]1. The van der Waals surface area contributed by atoms with Gasteiger partial charge >= 0.3 is 5.69 Å². The number of rotatable bonds is 1. The summed E-state index contributed by atoms with van der Waals surface area (Å²) < 4.78 is 0. The van der Waals surface area contributed by atoms with E-state index in [0.717, 1.165) is 0 Å². The van der Waals surface area contributed by atoms with Crippen LogP contribution in [-0.2, 0) is 0 Å². The Morgan fingerprint density at radius 3 is 2.54 bits per heavy atom. The topological polar surface area (TPSA) is 70.9 Å². The Kier molecular flexibility index (Phi) is 1.63. The summed E-state index contributed by atoms with van der Waals surface area (Å²) in [5.41, 5.74) is 0.115. The zero-order chi connectivity index (χ0) is 9.26. The summed E-state index contributed by atoms with van der Waals surface area (Å²) in [4.78, 5) is 14.9. The fraction of sp³-hybridized carbons (Fsp3) is 0. The van der Waals surface area contributed by atoms with Gasteiger partial charge in [-0.2, -0.15) is 4.98 Å². The van der Waals surface area contributed by atoms with Crippen LogP contribution in [0.1, 0.15) is 0 Å². The molecule has 2 aromatic rings. The maximum atomic E-state index is 10.7. The highest BCUT2D eigenvalue weighted by molar-refractivity contribution is 5.53. The molecule has 0 unspecified atom stereocenters. The first kappa shape index (κ1) is 7.60. The van der Waals surface area contributed by atoms with Gasteiger partial charge < -0.3 is 5.21 Å². The number of nitrogens with zero attached hydrogens (tertiary/aromatic N) is 2. The summed E-state index contributed by atoms with van der Waals surface area (Å²) in [7, 11) is 0. The molecule has 0 bridgehead atoms. The summed E-state index contributed by atoms with van der Waals surface area (Å²) in [5.74, 6) is 0.214. The van der Waals surface area contributed by atoms with Gasteiger partial charge in [0.2, 0.25) is 0 Å². The van der Waals surface area contributed by atoms with Crippen LogP contribution in [0.5, 0.6) is 0 Å². The van der Waals surface area contributed by atoms with Crippen molar-refractivity contribution < 1.29 is 5.21 Å². The molecule has 0 fully saturated rings. The summed E-state index contributed by atoms with van der Waals surface area (Å²) in [6.45, 7) is 0. The Labute approximate surface area is 73.2 Å². The van der Waals surface area contributed by atoms with Crippen molar-refractivity contribution in [1.82, 2.24) is 14.9 Å². The zero-order valence-corrected chi connectivity index (χ0v) is 6.64. The van der Waals surface area contributed by atoms with Gasteiger partial charge in [0, 0.05) is 5.56 Å². The van der Waals surface area contributed by atoms with Crippen LogP contribution in [0.15, 0.2) is 35.1 Å². The molecule has 0 radical (unpaired) electrons. The Bertz CT molecular complexity index is 458. The van der Waals surface area contributed by atoms with Crippen LogP contribution in [0.4, 0.5) is 0 Å². The van der Waals surface area contributed by atoms with Gasteiger partial charge in [-0.15, -0.1) is 4.85 Å². The van der Waals surface area contributed by atoms with E-state index in [-0.39, 0.29) is 5.82 Å². The van der Waals surface area contributed by atoms with Crippen LogP contribution in [0.2, 0.25) is 0 Å². The number of nitrogens with one attached hydrogen (secondary N) is 1. The highest BCUT2D eigenvalue weighted by atomic mass is 16.5.